The van der Waals surface area contributed by atoms with Crippen LogP contribution in [0, 0.1) is 0 Å². The molecule has 3 aliphatic rings. The number of rotatable bonds is 7. The van der Waals surface area contributed by atoms with E-state index < -0.39 is 16.1 Å². The topological polar surface area (TPSA) is 107 Å². The Balaban J connectivity index is 1.38. The molecule has 0 amide bonds. The maximum Gasteiger partial charge on any atom is 0.335 e. The zero-order valence-electron chi connectivity index (χ0n) is 28.1. The highest BCUT2D eigenvalue weighted by atomic mass is 32.2. The lowest BCUT2D eigenvalue weighted by Crippen LogP contribution is -2.30. The summed E-state index contributed by atoms with van der Waals surface area (Å²) < 4.78 is 42.3. The second-order valence-corrected chi connectivity index (χ2v) is 16.5. The summed E-state index contributed by atoms with van der Waals surface area (Å²) in [7, 11) is -4.06. The fraction of sp³-hybridized carbons (Fsp3) is 0.300. The molecule has 0 atom stereocenters. The summed E-state index contributed by atoms with van der Waals surface area (Å²) in [5.74, 6) is 0.496. The van der Waals surface area contributed by atoms with Crippen molar-refractivity contribution in [3.8, 4) is 11.5 Å². The van der Waals surface area contributed by atoms with Crippen LogP contribution in [0.3, 0.4) is 0 Å². The Hall–Kier alpha value is -4.73. The van der Waals surface area contributed by atoms with Gasteiger partial charge >= 0.3 is 5.97 Å². The third-order valence-corrected chi connectivity index (χ3v) is 11.2. The van der Waals surface area contributed by atoms with E-state index >= 15 is 0 Å². The van der Waals surface area contributed by atoms with E-state index in [4.69, 9.17) is 4.74 Å². The number of carboxylic acid groups (broad SMARTS) is 1. The van der Waals surface area contributed by atoms with Crippen molar-refractivity contribution in [3.05, 3.63) is 111 Å². The summed E-state index contributed by atoms with van der Waals surface area (Å²) in [6.07, 6.45) is 2.62. The Morgan fingerprint density at radius 3 is 2.18 bits per heavy atom. The van der Waals surface area contributed by atoms with Crippen molar-refractivity contribution >= 4 is 49.4 Å². The van der Waals surface area contributed by atoms with Gasteiger partial charge in [-0.3, -0.25) is 4.55 Å². The third-order valence-electron chi connectivity index (χ3n) is 10.4. The van der Waals surface area contributed by atoms with E-state index in [1.54, 1.807) is 12.1 Å². The van der Waals surface area contributed by atoms with Gasteiger partial charge in [-0.25, -0.2) is 9.37 Å². The minimum absolute atomic E-state index is 0.257. The van der Waals surface area contributed by atoms with Crippen LogP contribution in [-0.2, 0) is 27.5 Å². The van der Waals surface area contributed by atoms with Gasteiger partial charge in [0.2, 0.25) is 5.36 Å². The average Bonchev–Trinajstić information content (AvgIpc) is 3.48. The molecule has 0 saturated heterocycles. The highest BCUT2D eigenvalue weighted by Gasteiger charge is 2.45. The highest BCUT2D eigenvalue weighted by Crippen LogP contribution is 2.54. The van der Waals surface area contributed by atoms with Crippen LogP contribution in [0.15, 0.2) is 72.8 Å². The lowest BCUT2D eigenvalue weighted by molar-refractivity contribution is 0.0697. The van der Waals surface area contributed by atoms with Gasteiger partial charge in [0.15, 0.2) is 13.1 Å². The van der Waals surface area contributed by atoms with Crippen LogP contribution in [0.4, 0.5) is 5.69 Å². The van der Waals surface area contributed by atoms with Gasteiger partial charge in [-0.1, -0.05) is 68.4 Å². The molecule has 250 valence electrons. The van der Waals surface area contributed by atoms with E-state index in [9.17, 15) is 22.9 Å². The standard InChI is InChI=1S/C40H38N2O6S/c1-39(2)22-41(18-9-19-49(45,46)47)34-28-12-7-5-10-26(28)30-20-31-27-11-6-8-13-29(27)35-33(37(31)48-36(30)32(34)39)40(3,4)23-42(35)21-24-14-16-25(17-15-24)38(43)44/h5-8,10-17,20H,9,18-19,21-23H2,1-4H3,(H-,43,44,45,46,47)/p+1. The van der Waals surface area contributed by atoms with Crippen molar-refractivity contribution in [2.45, 2.75) is 51.5 Å². The first-order valence-electron chi connectivity index (χ1n) is 16.7. The molecule has 3 heterocycles. The van der Waals surface area contributed by atoms with Gasteiger partial charge in [0, 0.05) is 45.8 Å². The Labute approximate surface area is 285 Å². The quantitative estimate of drug-likeness (QED) is 0.158. The van der Waals surface area contributed by atoms with Crippen LogP contribution in [0.1, 0.15) is 66.7 Å². The first-order valence-corrected chi connectivity index (χ1v) is 18.3. The number of anilines is 1. The molecule has 0 unspecified atom stereocenters. The molecule has 0 fully saturated rings. The van der Waals surface area contributed by atoms with Gasteiger partial charge in [-0.2, -0.15) is 8.42 Å². The molecule has 49 heavy (non-hydrogen) atoms. The largest absolute Gasteiger partial charge is 0.478 e. The van der Waals surface area contributed by atoms with Crippen molar-refractivity contribution in [2.24, 2.45) is 0 Å². The molecule has 0 aliphatic carbocycles. The summed E-state index contributed by atoms with van der Waals surface area (Å²) in [6.45, 7) is 11.5. The van der Waals surface area contributed by atoms with Gasteiger partial charge in [-0.05, 0) is 55.3 Å². The number of benzene rings is 5. The predicted octanol–water partition coefficient (Wildman–Crippen LogP) is 5.98. The molecule has 0 bridgehead atoms. The molecular formula is C40H39N2O6S+. The van der Waals surface area contributed by atoms with Gasteiger partial charge in [0.25, 0.3) is 10.1 Å². The zero-order valence-corrected chi connectivity index (χ0v) is 28.9. The minimum atomic E-state index is -4.06. The Morgan fingerprint density at radius 1 is 0.857 bits per heavy atom. The molecule has 8 rings (SSSR count). The molecule has 3 aliphatic heterocycles. The predicted molar refractivity (Wildman–Crippen MR) is 193 cm³/mol. The van der Waals surface area contributed by atoms with Crippen LogP contribution >= 0.6 is 0 Å². The van der Waals surface area contributed by atoms with Crippen molar-refractivity contribution in [3.63, 3.8) is 0 Å². The van der Waals surface area contributed by atoms with Crippen molar-refractivity contribution < 1.29 is 27.6 Å². The fourth-order valence-electron chi connectivity index (χ4n) is 8.51. The second kappa shape index (κ2) is 10.9. The van der Waals surface area contributed by atoms with E-state index in [1.165, 1.54) is 0 Å². The van der Waals surface area contributed by atoms with Crippen molar-refractivity contribution in [2.75, 3.05) is 30.3 Å². The van der Waals surface area contributed by atoms with Gasteiger partial charge in [-0.15, -0.1) is 0 Å². The van der Waals surface area contributed by atoms with E-state index in [1.807, 2.05) is 24.3 Å². The number of nitrogens with zero attached hydrogens (tertiary/aromatic N) is 2. The van der Waals surface area contributed by atoms with Gasteiger partial charge in [0.1, 0.15) is 11.5 Å². The SMILES string of the molecule is CC1(C)CN(CCCS(=O)(=O)O)c2c1c1c(c3ccccc23)C=c2c(c3c(c4ccccc24)=[N+](Cc2ccc(C(=O)O)cc2)CC3(C)C)O1. The molecule has 8 nitrogen and oxygen atoms in total. The summed E-state index contributed by atoms with van der Waals surface area (Å²) in [6, 6.07) is 24.0. The second-order valence-electron chi connectivity index (χ2n) is 15.0. The molecule has 0 saturated carbocycles. The number of hydrogen-bond acceptors (Lipinski definition) is 5. The third kappa shape index (κ3) is 5.09. The Bertz CT molecular complexity index is 2480. The van der Waals surface area contributed by atoms with E-state index in [0.717, 1.165) is 78.1 Å². The number of carboxylic acids is 1. The molecule has 5 aromatic carbocycles. The molecule has 2 N–H and O–H groups in total. The van der Waals surface area contributed by atoms with Gasteiger partial charge in [0.05, 0.1) is 33.4 Å². The van der Waals surface area contributed by atoms with Crippen LogP contribution in [-0.4, -0.2) is 49.4 Å². The zero-order chi connectivity index (χ0) is 34.5. The summed E-state index contributed by atoms with van der Waals surface area (Å²) in [5.41, 5.74) is 5.14. The van der Waals surface area contributed by atoms with Crippen LogP contribution in [0.2, 0.25) is 0 Å². The van der Waals surface area contributed by atoms with Crippen LogP contribution < -0.4 is 24.8 Å². The van der Waals surface area contributed by atoms with E-state index in [-0.39, 0.29) is 22.1 Å². The van der Waals surface area contributed by atoms with Crippen molar-refractivity contribution in [1.82, 2.24) is 4.58 Å². The molecule has 5 aromatic rings. The average molecular weight is 676 g/mol. The number of hydrogen-bond donors (Lipinski definition) is 2. The number of aromatic carboxylic acids is 1. The highest BCUT2D eigenvalue weighted by molar-refractivity contribution is 7.85. The molecule has 0 radical (unpaired) electrons. The lowest BCUT2D eigenvalue weighted by Gasteiger charge is -2.28. The van der Waals surface area contributed by atoms with Gasteiger partial charge < -0.3 is 14.7 Å². The maximum absolute atomic E-state index is 11.6. The maximum atomic E-state index is 11.6. The Kier molecular flexibility index (Phi) is 7.01. The first kappa shape index (κ1) is 31.5. The summed E-state index contributed by atoms with van der Waals surface area (Å²) in [4.78, 5) is 13.8. The first-order chi connectivity index (χ1) is 23.2. The number of fused-ring (bicyclic) bond motifs is 12. The summed E-state index contributed by atoms with van der Waals surface area (Å²) in [5, 5.41) is 16.1. The minimum Gasteiger partial charge on any atom is -0.478 e. The molecular weight excluding hydrogens is 637 g/mol. The monoisotopic (exact) mass is 675 g/mol. The number of ether oxygens (including phenoxy) is 1. The number of carbonyl (C=O) groups is 1. The lowest BCUT2D eigenvalue weighted by atomic mass is 9.81. The van der Waals surface area contributed by atoms with E-state index in [2.05, 4.69) is 79.6 Å². The molecule has 9 heteroatoms. The Morgan fingerprint density at radius 2 is 1.51 bits per heavy atom. The van der Waals surface area contributed by atoms with Crippen LogP contribution in [0.5, 0.6) is 11.5 Å². The smallest absolute Gasteiger partial charge is 0.335 e. The van der Waals surface area contributed by atoms with Crippen LogP contribution in [0.25, 0.3) is 27.6 Å². The summed E-state index contributed by atoms with van der Waals surface area (Å²) >= 11 is 0. The van der Waals surface area contributed by atoms with E-state index in [0.29, 0.717) is 26.1 Å². The normalized spacial score (nSPS) is 16.9. The molecule has 0 spiro atoms. The van der Waals surface area contributed by atoms with Crippen molar-refractivity contribution in [1.29, 1.82) is 0 Å². The molecule has 0 aromatic heterocycles. The fourth-order valence-corrected chi connectivity index (χ4v) is 9.01.